The Bertz CT molecular complexity index is 843. The van der Waals surface area contributed by atoms with Crippen LogP contribution in [0.3, 0.4) is 0 Å². The minimum atomic E-state index is -3.35. The van der Waals surface area contributed by atoms with Crippen molar-refractivity contribution in [2.75, 3.05) is 41.0 Å². The molecule has 28 heavy (non-hydrogen) atoms. The summed E-state index contributed by atoms with van der Waals surface area (Å²) in [4.78, 5) is 36.1. The maximum atomic E-state index is 12.2. The quantitative estimate of drug-likeness (QED) is 0.480. The van der Waals surface area contributed by atoms with E-state index in [1.54, 1.807) is 18.2 Å². The van der Waals surface area contributed by atoms with Crippen molar-refractivity contribution in [1.82, 2.24) is 5.32 Å². The first kappa shape index (κ1) is 22.0. The van der Waals surface area contributed by atoms with Crippen molar-refractivity contribution in [3.8, 4) is 0 Å². The lowest BCUT2D eigenvalue weighted by Gasteiger charge is -2.18. The molecule has 1 aromatic rings. The van der Waals surface area contributed by atoms with Gasteiger partial charge in [0.15, 0.2) is 0 Å². The van der Waals surface area contributed by atoms with Gasteiger partial charge in [-0.05, 0) is 43.0 Å². The number of carbonyl (C=O) groups is 3. The highest BCUT2D eigenvalue weighted by atomic mass is 32.2. The molecule has 1 unspecified atom stereocenters. The molecular formula is C17H23N3O6S2. The second-order valence-corrected chi connectivity index (χ2v) is 9.08. The Labute approximate surface area is 168 Å². The monoisotopic (exact) mass is 429 g/mol. The molecule has 1 fully saturated rings. The van der Waals surface area contributed by atoms with E-state index in [-0.39, 0.29) is 11.4 Å². The van der Waals surface area contributed by atoms with Crippen LogP contribution in [0.4, 0.5) is 11.4 Å². The number of methoxy groups -OCH3 is 1. The summed E-state index contributed by atoms with van der Waals surface area (Å²) in [5.41, 5.74) is 0.696. The van der Waals surface area contributed by atoms with Gasteiger partial charge in [-0.15, -0.1) is 0 Å². The SMILES string of the molecule is COC(=O)C(CCSC)NC(=O)C(=O)Nc1cccc(N2CCCS2(=O)=O)c1. The van der Waals surface area contributed by atoms with Gasteiger partial charge in [0.05, 0.1) is 18.6 Å². The number of hydrogen-bond donors (Lipinski definition) is 2. The highest BCUT2D eigenvalue weighted by molar-refractivity contribution is 7.98. The van der Waals surface area contributed by atoms with Crippen LogP contribution in [0.25, 0.3) is 0 Å². The summed E-state index contributed by atoms with van der Waals surface area (Å²) in [5.74, 6) is -1.88. The lowest BCUT2D eigenvalue weighted by molar-refractivity contribution is -0.146. The molecule has 0 aromatic heterocycles. The molecule has 2 amide bonds. The number of amides is 2. The number of carbonyl (C=O) groups excluding carboxylic acids is 3. The molecule has 11 heteroatoms. The molecule has 1 atom stereocenters. The fraction of sp³-hybridized carbons (Fsp3) is 0.471. The first-order valence-corrected chi connectivity index (χ1v) is 11.6. The second kappa shape index (κ2) is 9.78. The highest BCUT2D eigenvalue weighted by Crippen LogP contribution is 2.26. The summed E-state index contributed by atoms with van der Waals surface area (Å²) in [6.07, 6.45) is 2.72. The number of ether oxygens (including phenoxy) is 1. The summed E-state index contributed by atoms with van der Waals surface area (Å²) < 4.78 is 30.0. The number of hydrogen-bond acceptors (Lipinski definition) is 7. The van der Waals surface area contributed by atoms with E-state index in [9.17, 15) is 22.8 Å². The van der Waals surface area contributed by atoms with Crippen LogP contribution in [0.2, 0.25) is 0 Å². The zero-order chi connectivity index (χ0) is 20.7. The van der Waals surface area contributed by atoms with E-state index >= 15 is 0 Å². The summed E-state index contributed by atoms with van der Waals surface area (Å²) in [7, 11) is -2.14. The van der Waals surface area contributed by atoms with E-state index < -0.39 is 33.8 Å². The van der Waals surface area contributed by atoms with Gasteiger partial charge in [-0.1, -0.05) is 6.07 Å². The molecule has 1 heterocycles. The van der Waals surface area contributed by atoms with E-state index in [4.69, 9.17) is 0 Å². The van der Waals surface area contributed by atoms with Crippen LogP contribution in [-0.2, 0) is 29.1 Å². The van der Waals surface area contributed by atoms with Crippen molar-refractivity contribution in [3.63, 3.8) is 0 Å². The lowest BCUT2D eigenvalue weighted by Crippen LogP contribution is -2.46. The third-order valence-electron chi connectivity index (χ3n) is 4.10. The van der Waals surface area contributed by atoms with Crippen molar-refractivity contribution in [2.24, 2.45) is 0 Å². The number of thioether (sulfide) groups is 1. The van der Waals surface area contributed by atoms with E-state index in [2.05, 4.69) is 15.4 Å². The van der Waals surface area contributed by atoms with Gasteiger partial charge >= 0.3 is 17.8 Å². The molecule has 154 valence electrons. The summed E-state index contributed by atoms with van der Waals surface area (Å²) in [6, 6.07) is 5.32. The van der Waals surface area contributed by atoms with Crippen molar-refractivity contribution < 1.29 is 27.5 Å². The molecule has 1 aliphatic rings. The van der Waals surface area contributed by atoms with Gasteiger partial charge in [0.2, 0.25) is 10.0 Å². The number of anilines is 2. The van der Waals surface area contributed by atoms with Gasteiger partial charge in [0.25, 0.3) is 0 Å². The van der Waals surface area contributed by atoms with Crippen molar-refractivity contribution in [2.45, 2.75) is 18.9 Å². The van der Waals surface area contributed by atoms with Crippen LogP contribution in [-0.4, -0.2) is 63.7 Å². The van der Waals surface area contributed by atoms with Gasteiger partial charge in [-0.2, -0.15) is 11.8 Å². The summed E-state index contributed by atoms with van der Waals surface area (Å²) in [5, 5.41) is 4.78. The standard InChI is InChI=1S/C17H23N3O6S2/c1-26-17(23)14(7-9-27-2)19-16(22)15(21)18-12-5-3-6-13(11-12)20-8-4-10-28(20,24)25/h3,5-6,11,14H,4,7-10H2,1-2H3,(H,18,21)(H,19,22). The first-order valence-electron chi connectivity index (χ1n) is 8.57. The fourth-order valence-corrected chi connectivity index (χ4v) is 4.73. The maximum absolute atomic E-state index is 12.2. The van der Waals surface area contributed by atoms with Gasteiger partial charge in [0.1, 0.15) is 6.04 Å². The largest absolute Gasteiger partial charge is 0.467 e. The van der Waals surface area contributed by atoms with Gasteiger partial charge in [-0.25, -0.2) is 13.2 Å². The van der Waals surface area contributed by atoms with Crippen molar-refractivity contribution in [3.05, 3.63) is 24.3 Å². The van der Waals surface area contributed by atoms with Crippen LogP contribution in [0, 0.1) is 0 Å². The molecule has 0 spiro atoms. The number of nitrogens with one attached hydrogen (secondary N) is 2. The predicted molar refractivity (Wildman–Crippen MR) is 108 cm³/mol. The number of rotatable bonds is 7. The molecule has 0 saturated carbocycles. The Kier molecular flexibility index (Phi) is 7.69. The van der Waals surface area contributed by atoms with Crippen LogP contribution in [0.1, 0.15) is 12.8 Å². The minimum absolute atomic E-state index is 0.0803. The number of esters is 1. The molecule has 2 rings (SSSR count). The summed E-state index contributed by atoms with van der Waals surface area (Å²) >= 11 is 1.50. The average Bonchev–Trinajstić information content (AvgIpc) is 3.03. The fourth-order valence-electron chi connectivity index (χ4n) is 2.71. The zero-order valence-electron chi connectivity index (χ0n) is 15.6. The maximum Gasteiger partial charge on any atom is 0.328 e. The van der Waals surface area contributed by atoms with Crippen molar-refractivity contribution in [1.29, 1.82) is 0 Å². The van der Waals surface area contributed by atoms with E-state index in [1.807, 2.05) is 6.26 Å². The van der Waals surface area contributed by atoms with Gasteiger partial charge in [-0.3, -0.25) is 13.9 Å². The smallest absolute Gasteiger partial charge is 0.328 e. The highest BCUT2D eigenvalue weighted by Gasteiger charge is 2.29. The predicted octanol–water partition coefficient (Wildman–Crippen LogP) is 0.576. The lowest BCUT2D eigenvalue weighted by atomic mass is 10.2. The third kappa shape index (κ3) is 5.61. The Morgan fingerprint density at radius 1 is 1.29 bits per heavy atom. The first-order chi connectivity index (χ1) is 13.3. The van der Waals surface area contributed by atoms with Crippen LogP contribution in [0.5, 0.6) is 0 Å². The molecule has 1 aliphatic heterocycles. The Morgan fingerprint density at radius 2 is 2.04 bits per heavy atom. The topological polar surface area (TPSA) is 122 Å². The third-order valence-corrected chi connectivity index (χ3v) is 6.61. The number of benzene rings is 1. The number of nitrogens with zero attached hydrogens (tertiary/aromatic N) is 1. The van der Waals surface area contributed by atoms with E-state index in [0.717, 1.165) is 0 Å². The Balaban J connectivity index is 2.04. The molecule has 2 N–H and O–H groups in total. The van der Waals surface area contributed by atoms with Gasteiger partial charge < -0.3 is 15.4 Å². The van der Waals surface area contributed by atoms with Crippen LogP contribution < -0.4 is 14.9 Å². The molecule has 1 saturated heterocycles. The molecule has 9 nitrogen and oxygen atoms in total. The van der Waals surface area contributed by atoms with E-state index in [1.165, 1.54) is 29.2 Å². The van der Waals surface area contributed by atoms with Gasteiger partial charge in [0, 0.05) is 12.2 Å². The Morgan fingerprint density at radius 3 is 2.64 bits per heavy atom. The minimum Gasteiger partial charge on any atom is -0.467 e. The normalized spacial score (nSPS) is 16.3. The Hall–Kier alpha value is -2.27. The number of sulfonamides is 1. The van der Waals surface area contributed by atoms with Crippen molar-refractivity contribution >= 4 is 50.9 Å². The van der Waals surface area contributed by atoms with Crippen LogP contribution >= 0.6 is 11.8 Å². The molecule has 0 aliphatic carbocycles. The average molecular weight is 430 g/mol. The second-order valence-electron chi connectivity index (χ2n) is 6.08. The molecular weight excluding hydrogens is 406 g/mol. The van der Waals surface area contributed by atoms with E-state index in [0.29, 0.717) is 30.8 Å². The molecule has 1 aromatic carbocycles. The molecule has 0 bridgehead atoms. The summed E-state index contributed by atoms with van der Waals surface area (Å²) in [6.45, 7) is 0.371. The zero-order valence-corrected chi connectivity index (χ0v) is 17.3. The molecule has 0 radical (unpaired) electrons. The van der Waals surface area contributed by atoms with Crippen LogP contribution in [0.15, 0.2) is 24.3 Å².